The first kappa shape index (κ1) is 51.4. The van der Waals surface area contributed by atoms with E-state index in [0.29, 0.717) is 47.6 Å². The lowest BCUT2D eigenvalue weighted by Gasteiger charge is -2.36. The average molecular weight is 937 g/mol. The Labute approximate surface area is 374 Å². The molecule has 0 radical (unpaired) electrons. The van der Waals surface area contributed by atoms with Crippen LogP contribution in [0.1, 0.15) is 91.5 Å². The number of carbonyl (C=O) groups is 7. The van der Waals surface area contributed by atoms with Crippen LogP contribution in [-0.4, -0.2) is 142 Å². The van der Waals surface area contributed by atoms with Crippen LogP contribution in [0.4, 0.5) is 17.6 Å². The molecule has 3 aliphatic rings. The van der Waals surface area contributed by atoms with E-state index in [1.807, 2.05) is 13.8 Å². The number of hydrogen-bond donors (Lipinski definition) is 5. The lowest BCUT2D eigenvalue weighted by Crippen LogP contribution is -2.62. The van der Waals surface area contributed by atoms with Gasteiger partial charge in [-0.2, -0.15) is 13.2 Å². The van der Waals surface area contributed by atoms with Gasteiger partial charge in [-0.25, -0.2) is 4.39 Å². The summed E-state index contributed by atoms with van der Waals surface area (Å²) in [7, 11) is 2.72. The zero-order valence-electron chi connectivity index (χ0n) is 36.5. The first-order valence-corrected chi connectivity index (χ1v) is 21.9. The largest absolute Gasteiger partial charge is 0.426 e. The minimum absolute atomic E-state index is 0.0637. The van der Waals surface area contributed by atoms with Crippen LogP contribution in [0.25, 0.3) is 0 Å². The molecular formula is C42H59Cl2F4N7O8. The summed E-state index contributed by atoms with van der Waals surface area (Å²) in [5.74, 6) is -6.96. The summed E-state index contributed by atoms with van der Waals surface area (Å²) < 4.78 is 55.4. The lowest BCUT2D eigenvalue weighted by molar-refractivity contribution is -0.250. The van der Waals surface area contributed by atoms with Crippen molar-refractivity contribution in [3.05, 3.63) is 33.8 Å². The monoisotopic (exact) mass is 935 g/mol. The number of nitrogens with one attached hydrogen (secondary N) is 4. The van der Waals surface area contributed by atoms with Crippen molar-refractivity contribution in [2.75, 3.05) is 27.2 Å². The molecule has 1 saturated carbocycles. The van der Waals surface area contributed by atoms with E-state index in [4.69, 9.17) is 23.2 Å². The second kappa shape index (κ2) is 20.7. The van der Waals surface area contributed by atoms with Crippen molar-refractivity contribution in [3.8, 4) is 0 Å². The molecular weight excluding hydrogens is 877 g/mol. The summed E-state index contributed by atoms with van der Waals surface area (Å²) >= 11 is 12.8. The van der Waals surface area contributed by atoms with Crippen molar-refractivity contribution < 1.29 is 56.2 Å². The van der Waals surface area contributed by atoms with Gasteiger partial charge in [0.1, 0.15) is 41.9 Å². The lowest BCUT2D eigenvalue weighted by atomic mass is 9.97. The van der Waals surface area contributed by atoms with Gasteiger partial charge in [0.25, 0.3) is 5.91 Å². The fourth-order valence-corrected chi connectivity index (χ4v) is 8.17. The Hall–Kier alpha value is -4.23. The number of aliphatic hydroxyl groups is 1. The molecule has 1 aliphatic carbocycles. The first-order chi connectivity index (χ1) is 29.2. The quantitative estimate of drug-likeness (QED) is 0.220. The molecule has 3 fully saturated rings. The molecule has 63 heavy (non-hydrogen) atoms. The molecule has 7 amide bonds. The van der Waals surface area contributed by atoms with Crippen molar-refractivity contribution in [2.45, 2.75) is 146 Å². The highest BCUT2D eigenvalue weighted by Gasteiger charge is 2.59. The summed E-state index contributed by atoms with van der Waals surface area (Å²) in [4.78, 5) is 99.9. The number of nitrogens with zero attached hydrogens (tertiary/aromatic N) is 3. The minimum atomic E-state index is -5.43. The second-order valence-corrected chi connectivity index (χ2v) is 18.8. The maximum atomic E-state index is 14.7. The normalized spacial score (nSPS) is 25.9. The summed E-state index contributed by atoms with van der Waals surface area (Å²) in [6, 6.07) is -2.16. The Kier molecular flexibility index (Phi) is 16.9. The maximum absolute atomic E-state index is 14.7. The van der Waals surface area contributed by atoms with Crippen LogP contribution >= 0.6 is 23.2 Å². The molecule has 1 aromatic carbocycles. The molecule has 2 saturated heterocycles. The van der Waals surface area contributed by atoms with Gasteiger partial charge in [-0.05, 0) is 88.5 Å². The summed E-state index contributed by atoms with van der Waals surface area (Å²) in [5, 5.41) is 21.5. The smallest absolute Gasteiger partial charge is 0.373 e. The molecule has 0 aromatic heterocycles. The van der Waals surface area contributed by atoms with Gasteiger partial charge in [0.2, 0.25) is 41.0 Å². The molecule has 0 spiro atoms. The molecule has 4 rings (SSSR count). The average Bonchev–Trinajstić information content (AvgIpc) is 3.96. The SMILES string of the molecule is CC(C)C[C@@H]1NC(=O)[C@@H](N(C)C(=O)[C@@H](NC(=O)[C@@H]2C[C@@H](F)CN2C(=O)[C@@](C)(O)C(F)(F)F)C2CC2)CCCCCNC(=O)C(C)(C)NC(=O)[C@H](Cc2cc(Cl)ccc2Cl)N(C)C1=O. The molecule has 21 heteroatoms. The Morgan fingerprint density at radius 2 is 1.68 bits per heavy atom. The van der Waals surface area contributed by atoms with Crippen molar-refractivity contribution in [1.29, 1.82) is 0 Å². The van der Waals surface area contributed by atoms with Gasteiger partial charge in [-0.3, -0.25) is 33.6 Å². The van der Waals surface area contributed by atoms with E-state index in [1.165, 1.54) is 32.8 Å². The first-order valence-electron chi connectivity index (χ1n) is 21.1. The fraction of sp³-hybridized carbons (Fsp3) is 0.690. The number of halogens is 6. The zero-order valence-corrected chi connectivity index (χ0v) is 38.1. The summed E-state index contributed by atoms with van der Waals surface area (Å²) in [6.45, 7) is 6.22. The second-order valence-electron chi connectivity index (χ2n) is 18.0. The predicted molar refractivity (Wildman–Crippen MR) is 225 cm³/mol. The number of rotatable bonds is 10. The third-order valence-electron chi connectivity index (χ3n) is 11.9. The minimum Gasteiger partial charge on any atom is -0.373 e. The Balaban J connectivity index is 1.66. The highest BCUT2D eigenvalue weighted by molar-refractivity contribution is 6.33. The summed E-state index contributed by atoms with van der Waals surface area (Å²) in [6.07, 6.45) is -5.77. The standard InChI is InChI=1S/C42H59Cl2F4N7O8/c1-22(2)17-28-36(59)54(7)30(19-24-18-25(43)14-15-27(24)44)35(58)52-40(3,4)38(61)49-16-10-8-9-11-29(33(56)50-28)53(6)37(60)32(23-12-13-23)51-34(57)31-20-26(45)21-55(31)39(62)41(5,63)42(46,47)48/h14-15,18,22-23,26,28-32,63H,8-13,16-17,19-21H2,1-7H3,(H,49,61)(H,50,56)(H,51,57)(H,52,58)/t26-,28+,29+,30+,31+,32+,41-/m1/s1. The zero-order chi connectivity index (χ0) is 47.4. The van der Waals surface area contributed by atoms with Crippen LogP contribution < -0.4 is 21.3 Å². The topological polar surface area (TPSA) is 198 Å². The van der Waals surface area contributed by atoms with Crippen LogP contribution in [0.3, 0.4) is 0 Å². The number of likely N-dealkylation sites (N-methyl/N-ethyl adjacent to an activating group) is 2. The third kappa shape index (κ3) is 12.7. The van der Waals surface area contributed by atoms with Gasteiger partial charge >= 0.3 is 6.18 Å². The number of amides is 7. The number of carbonyl (C=O) groups excluding carboxylic acids is 7. The van der Waals surface area contributed by atoms with Crippen molar-refractivity contribution in [1.82, 2.24) is 36.0 Å². The Morgan fingerprint density at radius 1 is 1.03 bits per heavy atom. The molecule has 0 unspecified atom stereocenters. The van der Waals surface area contributed by atoms with Gasteiger partial charge in [0, 0.05) is 43.5 Å². The van der Waals surface area contributed by atoms with E-state index in [2.05, 4.69) is 21.3 Å². The van der Waals surface area contributed by atoms with Crippen LogP contribution in [0, 0.1) is 11.8 Å². The molecule has 5 N–H and O–H groups in total. The molecule has 352 valence electrons. The van der Waals surface area contributed by atoms with Gasteiger partial charge in [0.15, 0.2) is 0 Å². The van der Waals surface area contributed by atoms with Gasteiger partial charge in [0.05, 0.1) is 6.54 Å². The number of benzene rings is 1. The van der Waals surface area contributed by atoms with Crippen LogP contribution in [-0.2, 0) is 40.0 Å². The van der Waals surface area contributed by atoms with Gasteiger partial charge in [-0.15, -0.1) is 0 Å². The number of hydrogen-bond acceptors (Lipinski definition) is 8. The van der Waals surface area contributed by atoms with E-state index < -0.39 is 114 Å². The van der Waals surface area contributed by atoms with E-state index in [9.17, 15) is 56.2 Å². The molecule has 15 nitrogen and oxygen atoms in total. The van der Waals surface area contributed by atoms with E-state index in [0.717, 1.165) is 4.90 Å². The molecule has 2 heterocycles. The third-order valence-corrected chi connectivity index (χ3v) is 12.5. The molecule has 0 bridgehead atoms. The maximum Gasteiger partial charge on any atom is 0.426 e. The van der Waals surface area contributed by atoms with E-state index >= 15 is 0 Å². The van der Waals surface area contributed by atoms with E-state index in [-0.39, 0.29) is 43.7 Å². The molecule has 2 aliphatic heterocycles. The number of likely N-dealkylation sites (tertiary alicyclic amines) is 1. The summed E-state index contributed by atoms with van der Waals surface area (Å²) in [5.41, 5.74) is -4.90. The highest BCUT2D eigenvalue weighted by atomic mass is 35.5. The van der Waals surface area contributed by atoms with Gasteiger partial charge in [-0.1, -0.05) is 49.9 Å². The van der Waals surface area contributed by atoms with Crippen molar-refractivity contribution >= 4 is 64.6 Å². The van der Waals surface area contributed by atoms with E-state index in [1.54, 1.807) is 18.2 Å². The van der Waals surface area contributed by atoms with Crippen LogP contribution in [0.2, 0.25) is 10.0 Å². The van der Waals surface area contributed by atoms with Crippen molar-refractivity contribution in [3.63, 3.8) is 0 Å². The molecule has 7 atom stereocenters. The Bertz CT molecular complexity index is 1900. The van der Waals surface area contributed by atoms with Crippen molar-refractivity contribution in [2.24, 2.45) is 11.8 Å². The Morgan fingerprint density at radius 3 is 2.29 bits per heavy atom. The number of alkyl halides is 4. The fourth-order valence-electron chi connectivity index (χ4n) is 7.78. The molecule has 1 aromatic rings. The van der Waals surface area contributed by atoms with Crippen LogP contribution in [0.5, 0.6) is 0 Å². The van der Waals surface area contributed by atoms with Gasteiger partial charge < -0.3 is 41.1 Å². The predicted octanol–water partition coefficient (Wildman–Crippen LogP) is 3.45. The van der Waals surface area contributed by atoms with Crippen LogP contribution in [0.15, 0.2) is 18.2 Å². The highest BCUT2D eigenvalue weighted by Crippen LogP contribution is 2.36.